The Morgan fingerprint density at radius 3 is 2.38 bits per heavy atom. The van der Waals surface area contributed by atoms with Crippen LogP contribution < -0.4 is 15.4 Å². The van der Waals surface area contributed by atoms with Crippen molar-refractivity contribution in [2.24, 2.45) is 0 Å². The van der Waals surface area contributed by atoms with Gasteiger partial charge in [0.1, 0.15) is 11.4 Å². The second-order valence-electron chi connectivity index (χ2n) is 8.92. The molecule has 2 aliphatic heterocycles. The first-order valence-electron chi connectivity index (χ1n) is 10.1. The summed E-state index contributed by atoms with van der Waals surface area (Å²) in [6, 6.07) is 3.62. The number of nitrogens with two attached hydrogens (primary N) is 1. The van der Waals surface area contributed by atoms with Gasteiger partial charge in [-0.15, -0.1) is 0 Å². The van der Waals surface area contributed by atoms with Crippen LogP contribution in [0.4, 0.5) is 25.0 Å². The first kappa shape index (κ1) is 21.5. The molecule has 162 valence electrons. The first-order valence-corrected chi connectivity index (χ1v) is 10.1. The van der Waals surface area contributed by atoms with Gasteiger partial charge in [-0.3, -0.25) is 0 Å². The van der Waals surface area contributed by atoms with Gasteiger partial charge < -0.3 is 25.0 Å². The Balaban J connectivity index is 1.78. The highest BCUT2D eigenvalue weighted by Crippen LogP contribution is 2.42. The summed E-state index contributed by atoms with van der Waals surface area (Å²) in [5, 5.41) is 0. The lowest BCUT2D eigenvalue weighted by molar-refractivity contribution is 0.0202. The van der Waals surface area contributed by atoms with Gasteiger partial charge in [0.15, 0.2) is 0 Å². The molecule has 1 aromatic rings. The Morgan fingerprint density at radius 2 is 1.86 bits per heavy atom. The lowest BCUT2D eigenvalue weighted by Crippen LogP contribution is -2.41. The van der Waals surface area contributed by atoms with Gasteiger partial charge in [0.2, 0.25) is 0 Å². The maximum Gasteiger partial charge on any atom is 0.410 e. The van der Waals surface area contributed by atoms with Crippen molar-refractivity contribution in [3.05, 3.63) is 17.7 Å². The van der Waals surface area contributed by atoms with E-state index in [-0.39, 0.29) is 25.0 Å². The first-order chi connectivity index (χ1) is 13.5. The van der Waals surface area contributed by atoms with Crippen molar-refractivity contribution < 1.29 is 23.0 Å². The molecule has 0 saturated carbocycles. The maximum atomic E-state index is 13.8. The summed E-state index contributed by atoms with van der Waals surface area (Å²) in [7, 11) is 1.52. The van der Waals surface area contributed by atoms with Crippen LogP contribution >= 0.6 is 0 Å². The molecule has 2 saturated heterocycles. The van der Waals surface area contributed by atoms with Crippen molar-refractivity contribution in [3.8, 4) is 5.75 Å². The van der Waals surface area contributed by atoms with Crippen molar-refractivity contribution in [2.75, 3.05) is 43.9 Å². The highest BCUT2D eigenvalue weighted by atomic mass is 19.3. The molecule has 2 fully saturated rings. The molecule has 0 aromatic heterocycles. The SMILES string of the molecule is COc1cc(N2CCC(F)(F)C2)c(C2CCN(C(=O)OC(C)(C)C)CC2)cc1N. The zero-order valence-corrected chi connectivity index (χ0v) is 17.6. The van der Waals surface area contributed by atoms with Gasteiger partial charge in [0.05, 0.1) is 19.3 Å². The summed E-state index contributed by atoms with van der Waals surface area (Å²) in [5.74, 6) is -2.07. The van der Waals surface area contributed by atoms with E-state index in [0.29, 0.717) is 31.1 Å². The van der Waals surface area contributed by atoms with Crippen molar-refractivity contribution in [1.82, 2.24) is 4.90 Å². The molecule has 0 radical (unpaired) electrons. The van der Waals surface area contributed by atoms with Gasteiger partial charge >= 0.3 is 6.09 Å². The summed E-state index contributed by atoms with van der Waals surface area (Å²) in [6.07, 6.45) is 0.977. The lowest BCUT2D eigenvalue weighted by Gasteiger charge is -2.35. The summed E-state index contributed by atoms with van der Waals surface area (Å²) in [6.45, 7) is 6.64. The third kappa shape index (κ3) is 5.03. The van der Waals surface area contributed by atoms with Gasteiger partial charge in [-0.05, 0) is 51.2 Å². The number of rotatable bonds is 3. The molecule has 3 rings (SSSR count). The molecule has 6 nitrogen and oxygen atoms in total. The molecule has 0 aliphatic carbocycles. The van der Waals surface area contributed by atoms with E-state index in [9.17, 15) is 13.6 Å². The Bertz CT molecular complexity index is 756. The predicted octanol–water partition coefficient (Wildman–Crippen LogP) is 4.24. The molecule has 29 heavy (non-hydrogen) atoms. The quantitative estimate of drug-likeness (QED) is 0.754. The fourth-order valence-electron chi connectivity index (χ4n) is 4.02. The number of nitrogen functional groups attached to an aromatic ring is 1. The normalized spacial score (nSPS) is 20.1. The van der Waals surface area contributed by atoms with E-state index in [4.69, 9.17) is 15.2 Å². The minimum absolute atomic E-state index is 0.131. The zero-order chi connectivity index (χ0) is 21.4. The van der Waals surface area contributed by atoms with Crippen LogP contribution in [0.15, 0.2) is 12.1 Å². The summed E-state index contributed by atoms with van der Waals surface area (Å²) >= 11 is 0. The van der Waals surface area contributed by atoms with E-state index in [2.05, 4.69) is 0 Å². The number of benzene rings is 1. The van der Waals surface area contributed by atoms with Crippen molar-refractivity contribution in [1.29, 1.82) is 0 Å². The maximum absolute atomic E-state index is 13.8. The zero-order valence-electron chi connectivity index (χ0n) is 17.6. The molecule has 0 atom stereocenters. The van der Waals surface area contributed by atoms with Crippen LogP contribution in [0.5, 0.6) is 5.75 Å². The second kappa shape index (κ2) is 7.88. The standard InChI is InChI=1S/C21H31F2N3O3/c1-20(2,3)29-19(27)25-8-5-14(6-9-25)15-11-16(24)18(28-4)12-17(15)26-10-7-21(22,23)13-26/h11-12,14H,5-10,13,24H2,1-4H3. The molecule has 2 aliphatic rings. The molecule has 1 aromatic carbocycles. The summed E-state index contributed by atoms with van der Waals surface area (Å²) in [5.41, 5.74) is 7.79. The topological polar surface area (TPSA) is 68.0 Å². The number of halogens is 2. The number of methoxy groups -OCH3 is 1. The number of piperidine rings is 1. The van der Waals surface area contributed by atoms with Gasteiger partial charge in [0.25, 0.3) is 5.92 Å². The van der Waals surface area contributed by atoms with Crippen LogP contribution in [0.2, 0.25) is 0 Å². The minimum Gasteiger partial charge on any atom is -0.495 e. The van der Waals surface area contributed by atoms with Crippen LogP contribution in [0.1, 0.15) is 51.5 Å². The molecule has 2 heterocycles. The van der Waals surface area contributed by atoms with Gasteiger partial charge in [-0.25, -0.2) is 13.6 Å². The Morgan fingerprint density at radius 1 is 1.21 bits per heavy atom. The predicted molar refractivity (Wildman–Crippen MR) is 109 cm³/mol. The van der Waals surface area contributed by atoms with Crippen LogP contribution in [0.3, 0.4) is 0 Å². The Hall–Kier alpha value is -2.25. The number of carbonyl (C=O) groups is 1. The van der Waals surface area contributed by atoms with Crippen LogP contribution in [0, 0.1) is 0 Å². The number of likely N-dealkylation sites (tertiary alicyclic amines) is 1. The number of nitrogens with zero attached hydrogens (tertiary/aromatic N) is 2. The van der Waals surface area contributed by atoms with Crippen LogP contribution in [-0.4, -0.2) is 55.8 Å². The van der Waals surface area contributed by atoms with E-state index in [0.717, 1.165) is 24.1 Å². The van der Waals surface area contributed by atoms with E-state index in [1.807, 2.05) is 26.8 Å². The fourth-order valence-corrected chi connectivity index (χ4v) is 4.02. The van der Waals surface area contributed by atoms with E-state index < -0.39 is 11.5 Å². The average molecular weight is 411 g/mol. The highest BCUT2D eigenvalue weighted by molar-refractivity contribution is 5.70. The molecule has 0 spiro atoms. The monoisotopic (exact) mass is 411 g/mol. The van der Waals surface area contributed by atoms with E-state index in [1.165, 1.54) is 7.11 Å². The van der Waals surface area contributed by atoms with Gasteiger partial charge in [-0.1, -0.05) is 0 Å². The van der Waals surface area contributed by atoms with Crippen LogP contribution in [-0.2, 0) is 4.74 Å². The van der Waals surface area contributed by atoms with Crippen molar-refractivity contribution in [2.45, 2.75) is 57.5 Å². The second-order valence-corrected chi connectivity index (χ2v) is 8.92. The minimum atomic E-state index is -2.69. The number of anilines is 2. The smallest absolute Gasteiger partial charge is 0.410 e. The fraction of sp³-hybridized carbons (Fsp3) is 0.667. The third-order valence-electron chi connectivity index (χ3n) is 5.48. The Labute approximate surface area is 170 Å². The molecule has 2 N–H and O–H groups in total. The number of carbonyl (C=O) groups excluding carboxylic acids is 1. The molecule has 8 heteroatoms. The largest absolute Gasteiger partial charge is 0.495 e. The van der Waals surface area contributed by atoms with Crippen molar-refractivity contribution >= 4 is 17.5 Å². The van der Waals surface area contributed by atoms with Crippen molar-refractivity contribution in [3.63, 3.8) is 0 Å². The number of hydrogen-bond acceptors (Lipinski definition) is 5. The molecular weight excluding hydrogens is 380 g/mol. The Kier molecular flexibility index (Phi) is 5.83. The molecule has 1 amide bonds. The molecule has 0 unspecified atom stereocenters. The number of hydrogen-bond donors (Lipinski definition) is 1. The number of amides is 1. The number of alkyl halides is 2. The average Bonchev–Trinajstić information content (AvgIpc) is 3.00. The van der Waals surface area contributed by atoms with Gasteiger partial charge in [-0.2, -0.15) is 0 Å². The third-order valence-corrected chi connectivity index (χ3v) is 5.48. The summed E-state index contributed by atoms with van der Waals surface area (Å²) in [4.78, 5) is 15.7. The molecular formula is C21H31F2N3O3. The molecule has 0 bridgehead atoms. The van der Waals surface area contributed by atoms with E-state index >= 15 is 0 Å². The van der Waals surface area contributed by atoms with Gasteiger partial charge in [0, 0.05) is 37.8 Å². The van der Waals surface area contributed by atoms with E-state index in [1.54, 1.807) is 15.9 Å². The highest BCUT2D eigenvalue weighted by Gasteiger charge is 2.40. The summed E-state index contributed by atoms with van der Waals surface area (Å²) < 4.78 is 38.5. The lowest BCUT2D eigenvalue weighted by atomic mass is 9.87. The number of ether oxygens (including phenoxy) is 2. The van der Waals surface area contributed by atoms with Crippen LogP contribution in [0.25, 0.3) is 0 Å².